The van der Waals surface area contributed by atoms with Gasteiger partial charge in [0.2, 0.25) is 0 Å². The maximum Gasteiger partial charge on any atom is 0.251 e. The van der Waals surface area contributed by atoms with Crippen molar-refractivity contribution in [1.29, 1.82) is 5.26 Å². The summed E-state index contributed by atoms with van der Waals surface area (Å²) in [6.07, 6.45) is 5.94. The van der Waals surface area contributed by atoms with Crippen molar-refractivity contribution in [2.45, 2.75) is 44.1 Å². The Morgan fingerprint density at radius 2 is 1.76 bits per heavy atom. The Labute approximate surface area is 200 Å². The first-order valence-electron chi connectivity index (χ1n) is 12.0. The van der Waals surface area contributed by atoms with E-state index in [-0.39, 0.29) is 11.8 Å². The molecule has 5 heteroatoms. The number of nitriles is 1. The van der Waals surface area contributed by atoms with Crippen molar-refractivity contribution in [1.82, 2.24) is 10.6 Å². The molecule has 3 aromatic rings. The molecule has 1 atom stereocenters. The summed E-state index contributed by atoms with van der Waals surface area (Å²) in [5, 5.41) is 15.8. The summed E-state index contributed by atoms with van der Waals surface area (Å²) in [5.74, 6) is -0.551. The lowest BCUT2D eigenvalue weighted by atomic mass is 9.93. The van der Waals surface area contributed by atoms with E-state index in [1.165, 1.54) is 37.8 Å². The quantitative estimate of drug-likeness (QED) is 0.429. The van der Waals surface area contributed by atoms with E-state index in [9.17, 15) is 14.4 Å². The van der Waals surface area contributed by atoms with Crippen LogP contribution in [0.15, 0.2) is 72.8 Å². The molecule has 34 heavy (non-hydrogen) atoms. The van der Waals surface area contributed by atoms with E-state index in [2.05, 4.69) is 41.0 Å². The monoisotopic (exact) mass is 455 g/mol. The van der Waals surface area contributed by atoms with Gasteiger partial charge < -0.3 is 10.6 Å². The lowest BCUT2D eigenvalue weighted by Gasteiger charge is -2.20. The van der Waals surface area contributed by atoms with Crippen LogP contribution in [0.4, 0.5) is 4.39 Å². The van der Waals surface area contributed by atoms with Crippen LogP contribution in [-0.2, 0) is 0 Å². The number of hydrogen-bond acceptors (Lipinski definition) is 3. The third-order valence-electron chi connectivity index (χ3n) is 6.58. The topological polar surface area (TPSA) is 64.9 Å². The molecule has 0 aromatic heterocycles. The molecule has 3 aromatic carbocycles. The third kappa shape index (κ3) is 6.30. The van der Waals surface area contributed by atoms with E-state index in [1.807, 2.05) is 18.2 Å². The van der Waals surface area contributed by atoms with E-state index in [0.29, 0.717) is 23.7 Å². The standard InChI is InChI=1S/C29H30FN3O/c30-27-8-4-7-25(18-27)29(34)33-20-26(15-16-32-28-9-1-2-10-28)23-13-11-22(12-14-23)24-6-3-5-21(17-24)19-31/h3-8,11-14,17-18,26,28,32H,1-2,9-10,15-16,20H2,(H,33,34). The van der Waals surface area contributed by atoms with Gasteiger partial charge in [0, 0.05) is 24.1 Å². The van der Waals surface area contributed by atoms with Crippen molar-refractivity contribution in [3.8, 4) is 17.2 Å². The molecule has 1 fully saturated rings. The Balaban J connectivity index is 1.45. The van der Waals surface area contributed by atoms with Crippen LogP contribution in [0.1, 0.15) is 59.5 Å². The van der Waals surface area contributed by atoms with E-state index in [4.69, 9.17) is 0 Å². The number of benzene rings is 3. The summed E-state index contributed by atoms with van der Waals surface area (Å²) in [6.45, 7) is 1.36. The molecule has 0 spiro atoms. The fourth-order valence-corrected chi connectivity index (χ4v) is 4.64. The fraction of sp³-hybridized carbons (Fsp3) is 0.310. The number of carbonyl (C=O) groups is 1. The number of hydrogen-bond donors (Lipinski definition) is 2. The number of rotatable bonds is 9. The molecular formula is C29H30FN3O. The minimum atomic E-state index is -0.416. The van der Waals surface area contributed by atoms with Crippen molar-refractivity contribution in [2.75, 3.05) is 13.1 Å². The second-order valence-corrected chi connectivity index (χ2v) is 8.96. The number of amides is 1. The van der Waals surface area contributed by atoms with Gasteiger partial charge in [-0.1, -0.05) is 55.3 Å². The van der Waals surface area contributed by atoms with Gasteiger partial charge >= 0.3 is 0 Å². The lowest BCUT2D eigenvalue weighted by Crippen LogP contribution is -2.32. The van der Waals surface area contributed by atoms with E-state index in [1.54, 1.807) is 18.2 Å². The minimum absolute atomic E-state index is 0.130. The molecule has 1 unspecified atom stereocenters. The van der Waals surface area contributed by atoms with Gasteiger partial charge in [-0.25, -0.2) is 4.39 Å². The first-order chi connectivity index (χ1) is 16.6. The van der Waals surface area contributed by atoms with Crippen LogP contribution in [0, 0.1) is 17.1 Å². The second kappa shape index (κ2) is 11.6. The van der Waals surface area contributed by atoms with Crippen LogP contribution in [0.3, 0.4) is 0 Å². The number of carbonyl (C=O) groups excluding carboxylic acids is 1. The van der Waals surface area contributed by atoms with Gasteiger partial charge in [-0.2, -0.15) is 5.26 Å². The molecule has 4 rings (SSSR count). The predicted octanol–water partition coefficient (Wildman–Crippen LogP) is 5.80. The molecule has 2 N–H and O–H groups in total. The first kappa shape index (κ1) is 23.7. The summed E-state index contributed by atoms with van der Waals surface area (Å²) in [5.41, 5.74) is 4.16. The summed E-state index contributed by atoms with van der Waals surface area (Å²) in [6, 6.07) is 24.5. The SMILES string of the molecule is N#Cc1cccc(-c2ccc(C(CCNC3CCCC3)CNC(=O)c3cccc(F)c3)cc2)c1. The summed E-state index contributed by atoms with van der Waals surface area (Å²) in [7, 11) is 0. The van der Waals surface area contributed by atoms with Crippen LogP contribution in [0.2, 0.25) is 0 Å². The van der Waals surface area contributed by atoms with Gasteiger partial charge in [-0.15, -0.1) is 0 Å². The second-order valence-electron chi connectivity index (χ2n) is 8.96. The Kier molecular flexibility index (Phi) is 8.06. The molecule has 1 aliphatic carbocycles. The highest BCUT2D eigenvalue weighted by molar-refractivity contribution is 5.94. The van der Waals surface area contributed by atoms with Gasteiger partial charge in [0.05, 0.1) is 11.6 Å². The van der Waals surface area contributed by atoms with Gasteiger partial charge in [0.1, 0.15) is 5.82 Å². The van der Waals surface area contributed by atoms with E-state index in [0.717, 1.165) is 29.7 Å². The molecule has 1 saturated carbocycles. The van der Waals surface area contributed by atoms with Crippen LogP contribution in [0.5, 0.6) is 0 Å². The Morgan fingerprint density at radius 1 is 1.00 bits per heavy atom. The Bertz CT molecular complexity index is 1150. The normalized spacial score (nSPS) is 14.5. The van der Waals surface area contributed by atoms with Crippen molar-refractivity contribution >= 4 is 5.91 Å². The zero-order chi connectivity index (χ0) is 23.8. The summed E-state index contributed by atoms with van der Waals surface area (Å²) in [4.78, 5) is 12.6. The number of nitrogens with one attached hydrogen (secondary N) is 2. The lowest BCUT2D eigenvalue weighted by molar-refractivity contribution is 0.0950. The molecular weight excluding hydrogens is 425 g/mol. The van der Waals surface area contributed by atoms with Crippen molar-refractivity contribution in [2.24, 2.45) is 0 Å². The number of halogens is 1. The van der Waals surface area contributed by atoms with Gasteiger partial charge in [-0.3, -0.25) is 4.79 Å². The maximum absolute atomic E-state index is 13.5. The highest BCUT2D eigenvalue weighted by Crippen LogP contribution is 2.26. The van der Waals surface area contributed by atoms with Crippen molar-refractivity contribution < 1.29 is 9.18 Å². The molecule has 0 saturated heterocycles. The molecule has 174 valence electrons. The summed E-state index contributed by atoms with van der Waals surface area (Å²) < 4.78 is 13.5. The molecule has 0 bridgehead atoms. The average Bonchev–Trinajstić information content (AvgIpc) is 3.39. The highest BCUT2D eigenvalue weighted by atomic mass is 19.1. The summed E-state index contributed by atoms with van der Waals surface area (Å²) >= 11 is 0. The molecule has 0 radical (unpaired) electrons. The molecule has 0 heterocycles. The smallest absolute Gasteiger partial charge is 0.251 e. The highest BCUT2D eigenvalue weighted by Gasteiger charge is 2.17. The molecule has 0 aliphatic heterocycles. The largest absolute Gasteiger partial charge is 0.351 e. The zero-order valence-electron chi connectivity index (χ0n) is 19.3. The first-order valence-corrected chi connectivity index (χ1v) is 12.0. The van der Waals surface area contributed by atoms with Crippen LogP contribution >= 0.6 is 0 Å². The molecule has 4 nitrogen and oxygen atoms in total. The van der Waals surface area contributed by atoms with E-state index < -0.39 is 5.82 Å². The van der Waals surface area contributed by atoms with Crippen molar-refractivity contribution in [3.63, 3.8) is 0 Å². The van der Waals surface area contributed by atoms with Crippen LogP contribution < -0.4 is 10.6 Å². The van der Waals surface area contributed by atoms with Gasteiger partial charge in [0.25, 0.3) is 5.91 Å². The van der Waals surface area contributed by atoms with Crippen LogP contribution in [0.25, 0.3) is 11.1 Å². The zero-order valence-corrected chi connectivity index (χ0v) is 19.3. The Morgan fingerprint density at radius 3 is 2.50 bits per heavy atom. The fourth-order valence-electron chi connectivity index (χ4n) is 4.64. The maximum atomic E-state index is 13.5. The minimum Gasteiger partial charge on any atom is -0.351 e. The van der Waals surface area contributed by atoms with E-state index >= 15 is 0 Å². The molecule has 1 aliphatic rings. The molecule has 1 amide bonds. The van der Waals surface area contributed by atoms with Gasteiger partial charge in [0.15, 0.2) is 0 Å². The third-order valence-corrected chi connectivity index (χ3v) is 6.58. The Hall–Kier alpha value is -3.49. The van der Waals surface area contributed by atoms with Gasteiger partial charge in [-0.05, 0) is 72.8 Å². The number of nitrogens with zero attached hydrogens (tertiary/aromatic N) is 1. The average molecular weight is 456 g/mol. The van der Waals surface area contributed by atoms with Crippen molar-refractivity contribution in [3.05, 3.63) is 95.3 Å². The predicted molar refractivity (Wildman–Crippen MR) is 133 cm³/mol. The van der Waals surface area contributed by atoms with Crippen LogP contribution in [-0.4, -0.2) is 25.0 Å².